The monoisotopic (exact) mass is 338 g/mol. The molecule has 1 amide bonds. The summed E-state index contributed by atoms with van der Waals surface area (Å²) in [5.74, 6) is 1.32. The lowest BCUT2D eigenvalue weighted by Crippen LogP contribution is -2.04. The lowest BCUT2D eigenvalue weighted by molar-refractivity contribution is -0.114. The van der Waals surface area contributed by atoms with E-state index in [-0.39, 0.29) is 5.91 Å². The number of furan rings is 1. The van der Waals surface area contributed by atoms with E-state index in [9.17, 15) is 4.79 Å². The smallest absolute Gasteiger partial charge is 0.221 e. The molecule has 0 bridgehead atoms. The van der Waals surface area contributed by atoms with Crippen LogP contribution >= 0.6 is 11.6 Å². The van der Waals surface area contributed by atoms with Gasteiger partial charge >= 0.3 is 0 Å². The molecule has 0 radical (unpaired) electrons. The van der Waals surface area contributed by atoms with E-state index in [2.05, 4.69) is 10.3 Å². The van der Waals surface area contributed by atoms with Gasteiger partial charge in [-0.3, -0.25) is 9.79 Å². The highest BCUT2D eigenvalue weighted by Crippen LogP contribution is 2.23. The second kappa shape index (κ2) is 7.15. The van der Waals surface area contributed by atoms with Crippen molar-refractivity contribution < 1.29 is 9.21 Å². The van der Waals surface area contributed by atoms with Gasteiger partial charge in [0.15, 0.2) is 0 Å². The summed E-state index contributed by atoms with van der Waals surface area (Å²) in [6.07, 6.45) is 1.66. The Morgan fingerprint density at radius 2 is 1.75 bits per heavy atom. The molecule has 4 nitrogen and oxygen atoms in total. The Bertz CT molecular complexity index is 865. The molecule has 0 atom stereocenters. The van der Waals surface area contributed by atoms with E-state index in [0.29, 0.717) is 10.8 Å². The van der Waals surface area contributed by atoms with Crippen LogP contribution in [0.25, 0.3) is 11.3 Å². The van der Waals surface area contributed by atoms with Gasteiger partial charge in [0, 0.05) is 23.2 Å². The van der Waals surface area contributed by atoms with Crippen molar-refractivity contribution >= 4 is 35.1 Å². The van der Waals surface area contributed by atoms with Gasteiger partial charge in [-0.15, -0.1) is 0 Å². The number of aliphatic imine (C=N–C) groups is 1. The molecule has 3 aromatic rings. The average Bonchev–Trinajstić information content (AvgIpc) is 3.03. The van der Waals surface area contributed by atoms with E-state index in [4.69, 9.17) is 16.0 Å². The van der Waals surface area contributed by atoms with Crippen molar-refractivity contribution in [1.29, 1.82) is 0 Å². The molecule has 0 saturated carbocycles. The van der Waals surface area contributed by atoms with Gasteiger partial charge in [0.2, 0.25) is 5.91 Å². The van der Waals surface area contributed by atoms with Crippen molar-refractivity contribution in [3.8, 4) is 11.3 Å². The quantitative estimate of drug-likeness (QED) is 0.655. The minimum atomic E-state index is -0.100. The molecule has 120 valence electrons. The maximum atomic E-state index is 11.0. The molecule has 0 saturated heterocycles. The summed E-state index contributed by atoms with van der Waals surface area (Å²) in [5, 5.41) is 3.40. The third-order valence-corrected chi connectivity index (χ3v) is 3.54. The number of hydrogen-bond acceptors (Lipinski definition) is 3. The van der Waals surface area contributed by atoms with Crippen LogP contribution in [0.5, 0.6) is 0 Å². The number of anilines is 1. The van der Waals surface area contributed by atoms with Crippen LogP contribution in [-0.4, -0.2) is 12.1 Å². The third-order valence-electron chi connectivity index (χ3n) is 3.28. The minimum Gasteiger partial charge on any atom is -0.455 e. The maximum absolute atomic E-state index is 11.0. The lowest BCUT2D eigenvalue weighted by Gasteiger charge is -2.01. The molecule has 0 aliphatic rings. The van der Waals surface area contributed by atoms with Gasteiger partial charge in [0.1, 0.15) is 11.5 Å². The molecule has 0 aliphatic heterocycles. The molecule has 1 N–H and O–H groups in total. The third kappa shape index (κ3) is 4.12. The van der Waals surface area contributed by atoms with Crippen molar-refractivity contribution in [2.45, 2.75) is 6.92 Å². The fraction of sp³-hybridized carbons (Fsp3) is 0.0526. The standard InChI is InChI=1S/C19H15ClN2O2/c1-13(23)22-17-8-6-16(7-9-17)21-12-18-10-11-19(24-18)14-2-4-15(20)5-3-14/h2-12H,1H3,(H,22,23). The van der Waals surface area contributed by atoms with Gasteiger partial charge in [-0.2, -0.15) is 0 Å². The van der Waals surface area contributed by atoms with Crippen LogP contribution in [0.4, 0.5) is 11.4 Å². The van der Waals surface area contributed by atoms with Crippen LogP contribution in [0.2, 0.25) is 5.02 Å². The molecular weight excluding hydrogens is 324 g/mol. The zero-order valence-corrected chi connectivity index (χ0v) is 13.7. The highest BCUT2D eigenvalue weighted by molar-refractivity contribution is 6.30. The summed E-state index contributed by atoms with van der Waals surface area (Å²) < 4.78 is 5.76. The Kier molecular flexibility index (Phi) is 4.77. The van der Waals surface area contributed by atoms with Crippen LogP contribution in [0, 0.1) is 0 Å². The number of halogens is 1. The van der Waals surface area contributed by atoms with Gasteiger partial charge in [-0.25, -0.2) is 0 Å². The van der Waals surface area contributed by atoms with E-state index in [1.165, 1.54) is 6.92 Å². The number of carbonyl (C=O) groups is 1. The molecular formula is C19H15ClN2O2. The highest BCUT2D eigenvalue weighted by atomic mass is 35.5. The van der Waals surface area contributed by atoms with Crippen LogP contribution in [0.1, 0.15) is 12.7 Å². The number of nitrogens with zero attached hydrogens (tertiary/aromatic N) is 1. The van der Waals surface area contributed by atoms with Gasteiger partial charge in [-0.1, -0.05) is 11.6 Å². The summed E-state index contributed by atoms with van der Waals surface area (Å²) in [6.45, 7) is 1.47. The topological polar surface area (TPSA) is 54.6 Å². The normalized spacial score (nSPS) is 10.9. The molecule has 0 unspecified atom stereocenters. The van der Waals surface area contributed by atoms with E-state index in [1.54, 1.807) is 18.3 Å². The summed E-state index contributed by atoms with van der Waals surface area (Å²) in [4.78, 5) is 15.4. The number of amides is 1. The maximum Gasteiger partial charge on any atom is 0.221 e. The number of hydrogen-bond donors (Lipinski definition) is 1. The molecule has 0 aliphatic carbocycles. The summed E-state index contributed by atoms with van der Waals surface area (Å²) in [7, 11) is 0. The largest absolute Gasteiger partial charge is 0.455 e. The molecule has 0 spiro atoms. The summed E-state index contributed by atoms with van der Waals surface area (Å²) in [6, 6.07) is 18.5. The van der Waals surface area contributed by atoms with Crippen molar-refractivity contribution in [2.24, 2.45) is 4.99 Å². The van der Waals surface area contributed by atoms with Crippen LogP contribution in [-0.2, 0) is 4.79 Å². The van der Waals surface area contributed by atoms with Gasteiger partial charge in [-0.05, 0) is 60.7 Å². The van der Waals surface area contributed by atoms with Crippen molar-refractivity contribution in [3.63, 3.8) is 0 Å². The van der Waals surface area contributed by atoms with Gasteiger partial charge < -0.3 is 9.73 Å². The number of nitrogens with one attached hydrogen (secondary N) is 1. The van der Waals surface area contributed by atoms with Crippen LogP contribution < -0.4 is 5.32 Å². The Labute approximate surface area is 144 Å². The molecule has 2 aromatic carbocycles. The predicted octanol–water partition coefficient (Wildman–Crippen LogP) is 5.31. The van der Waals surface area contributed by atoms with Crippen molar-refractivity contribution in [3.05, 3.63) is 71.4 Å². The average molecular weight is 339 g/mol. The second-order valence-electron chi connectivity index (χ2n) is 5.20. The Hall–Kier alpha value is -2.85. The van der Waals surface area contributed by atoms with Crippen molar-refractivity contribution in [2.75, 3.05) is 5.32 Å². The Morgan fingerprint density at radius 1 is 1.04 bits per heavy atom. The molecule has 1 aromatic heterocycles. The molecule has 5 heteroatoms. The first kappa shape index (κ1) is 16.0. The predicted molar refractivity (Wildman–Crippen MR) is 97.2 cm³/mol. The first-order valence-electron chi connectivity index (χ1n) is 7.38. The number of rotatable bonds is 4. The van der Waals surface area contributed by atoms with E-state index in [0.717, 1.165) is 22.7 Å². The fourth-order valence-corrected chi connectivity index (χ4v) is 2.29. The van der Waals surface area contributed by atoms with Gasteiger partial charge in [0.25, 0.3) is 0 Å². The zero-order chi connectivity index (χ0) is 16.9. The molecule has 1 heterocycles. The number of benzene rings is 2. The highest BCUT2D eigenvalue weighted by Gasteiger charge is 2.03. The first-order valence-corrected chi connectivity index (χ1v) is 7.75. The summed E-state index contributed by atoms with van der Waals surface area (Å²) >= 11 is 5.89. The molecule has 24 heavy (non-hydrogen) atoms. The van der Waals surface area contributed by atoms with E-state index >= 15 is 0 Å². The molecule has 3 rings (SSSR count). The zero-order valence-electron chi connectivity index (χ0n) is 13.0. The second-order valence-corrected chi connectivity index (χ2v) is 5.63. The van der Waals surface area contributed by atoms with Gasteiger partial charge in [0.05, 0.1) is 11.9 Å². The number of carbonyl (C=O) groups excluding carboxylic acids is 1. The Balaban J connectivity index is 1.71. The fourth-order valence-electron chi connectivity index (χ4n) is 2.16. The molecule has 0 fully saturated rings. The van der Waals surface area contributed by atoms with Crippen LogP contribution in [0.3, 0.4) is 0 Å². The SMILES string of the molecule is CC(=O)Nc1ccc(N=Cc2ccc(-c3ccc(Cl)cc3)o2)cc1. The Morgan fingerprint density at radius 3 is 2.42 bits per heavy atom. The minimum absolute atomic E-state index is 0.100. The summed E-state index contributed by atoms with van der Waals surface area (Å²) in [5.41, 5.74) is 2.47. The van der Waals surface area contributed by atoms with Crippen LogP contribution in [0.15, 0.2) is 70.1 Å². The first-order chi connectivity index (χ1) is 11.6. The van der Waals surface area contributed by atoms with E-state index < -0.39 is 0 Å². The van der Waals surface area contributed by atoms with Crippen molar-refractivity contribution in [1.82, 2.24) is 0 Å². The lowest BCUT2D eigenvalue weighted by atomic mass is 10.2. The van der Waals surface area contributed by atoms with E-state index in [1.807, 2.05) is 48.5 Å².